The maximum atomic E-state index is 10.7. The molecule has 0 spiro atoms. The first-order valence-electron chi connectivity index (χ1n) is 5.44. The molecule has 5 nitrogen and oxygen atoms in total. The first-order valence-corrected chi connectivity index (χ1v) is 6.61. The summed E-state index contributed by atoms with van der Waals surface area (Å²) >= 11 is 9.20. The van der Waals surface area contributed by atoms with E-state index < -0.39 is 10.7 Å². The quantitative estimate of drug-likeness (QED) is 0.501. The molecule has 0 aliphatic rings. The van der Waals surface area contributed by atoms with E-state index >= 15 is 0 Å². The van der Waals surface area contributed by atoms with Gasteiger partial charge in [0.1, 0.15) is 0 Å². The third-order valence-electron chi connectivity index (χ3n) is 2.50. The topological polar surface area (TPSA) is 75.7 Å². The zero-order valence-corrected chi connectivity index (χ0v) is 12.3. The Labute approximate surface area is 127 Å². The SMILES string of the molecule is O=[N+]([O-])c1cccc(C=Nc2ccc(Br)c(Cl)c2)c1O. The fraction of sp³-hybridized carbons (Fsp3) is 0. The fourth-order valence-electron chi connectivity index (χ4n) is 1.51. The second kappa shape index (κ2) is 6.02. The largest absolute Gasteiger partial charge is 0.502 e. The molecule has 0 aromatic heterocycles. The van der Waals surface area contributed by atoms with Crippen LogP contribution in [0, 0.1) is 10.1 Å². The predicted molar refractivity (Wildman–Crippen MR) is 81.2 cm³/mol. The highest BCUT2D eigenvalue weighted by atomic mass is 79.9. The van der Waals surface area contributed by atoms with Crippen molar-refractivity contribution in [2.45, 2.75) is 0 Å². The third kappa shape index (κ3) is 3.15. The smallest absolute Gasteiger partial charge is 0.311 e. The van der Waals surface area contributed by atoms with Gasteiger partial charge in [-0.25, -0.2) is 0 Å². The molecule has 2 aromatic rings. The van der Waals surface area contributed by atoms with Gasteiger partial charge in [-0.1, -0.05) is 17.7 Å². The van der Waals surface area contributed by atoms with Crippen LogP contribution in [0.15, 0.2) is 45.9 Å². The Balaban J connectivity index is 2.34. The fourth-order valence-corrected chi connectivity index (χ4v) is 1.93. The number of phenolic OH excluding ortho intramolecular Hbond substituents is 1. The number of halogens is 2. The number of nitro groups is 1. The molecule has 0 unspecified atom stereocenters. The molecule has 7 heteroatoms. The van der Waals surface area contributed by atoms with Crippen LogP contribution in [0.1, 0.15) is 5.56 Å². The molecule has 0 aliphatic heterocycles. The number of para-hydroxylation sites is 1. The van der Waals surface area contributed by atoms with Crippen molar-refractivity contribution in [3.63, 3.8) is 0 Å². The normalized spacial score (nSPS) is 10.9. The van der Waals surface area contributed by atoms with Gasteiger partial charge >= 0.3 is 5.69 Å². The first kappa shape index (κ1) is 14.5. The van der Waals surface area contributed by atoms with Gasteiger partial charge in [-0.05, 0) is 40.2 Å². The lowest BCUT2D eigenvalue weighted by Gasteiger charge is -2.00. The molecule has 0 saturated carbocycles. The first-order chi connectivity index (χ1) is 9.49. The van der Waals surface area contributed by atoms with Gasteiger partial charge in [-0.3, -0.25) is 15.1 Å². The number of phenols is 1. The van der Waals surface area contributed by atoms with Crippen molar-refractivity contribution in [1.82, 2.24) is 0 Å². The maximum Gasteiger partial charge on any atom is 0.311 e. The molecular weight excluding hydrogens is 348 g/mol. The van der Waals surface area contributed by atoms with Crippen LogP contribution < -0.4 is 0 Å². The van der Waals surface area contributed by atoms with E-state index in [0.29, 0.717) is 10.7 Å². The summed E-state index contributed by atoms with van der Waals surface area (Å²) in [5.74, 6) is -0.413. The number of nitro benzene ring substituents is 1. The monoisotopic (exact) mass is 354 g/mol. The number of hydrogen-bond acceptors (Lipinski definition) is 4. The average Bonchev–Trinajstić information content (AvgIpc) is 2.41. The number of rotatable bonds is 3. The average molecular weight is 356 g/mol. The third-order valence-corrected chi connectivity index (χ3v) is 3.73. The lowest BCUT2D eigenvalue weighted by atomic mass is 10.2. The van der Waals surface area contributed by atoms with Crippen molar-refractivity contribution in [3.8, 4) is 5.75 Å². The van der Waals surface area contributed by atoms with Gasteiger partial charge in [0.05, 0.1) is 15.6 Å². The molecule has 0 heterocycles. The molecule has 0 bridgehead atoms. The van der Waals surface area contributed by atoms with E-state index in [1.807, 2.05) is 0 Å². The number of hydrogen-bond donors (Lipinski definition) is 1. The standard InChI is InChI=1S/C13H8BrClN2O3/c14-10-5-4-9(6-11(10)15)16-7-8-2-1-3-12(13(8)18)17(19)20/h1-7,18H. The summed E-state index contributed by atoms with van der Waals surface area (Å²) in [6.07, 6.45) is 1.35. The van der Waals surface area contributed by atoms with Crippen molar-refractivity contribution < 1.29 is 10.0 Å². The molecule has 102 valence electrons. The van der Waals surface area contributed by atoms with Gasteiger partial charge in [0.2, 0.25) is 5.75 Å². The summed E-state index contributed by atoms with van der Waals surface area (Å²) in [7, 11) is 0. The Kier molecular flexibility index (Phi) is 4.36. The van der Waals surface area contributed by atoms with Crippen molar-refractivity contribution in [2.75, 3.05) is 0 Å². The predicted octanol–water partition coefficient (Wildman–Crippen LogP) is 4.47. The molecule has 0 fully saturated rings. The van der Waals surface area contributed by atoms with Gasteiger partial charge in [-0.2, -0.15) is 0 Å². The van der Waals surface area contributed by atoms with E-state index in [1.165, 1.54) is 24.4 Å². The van der Waals surface area contributed by atoms with Crippen molar-refractivity contribution in [2.24, 2.45) is 4.99 Å². The molecule has 0 aliphatic carbocycles. The van der Waals surface area contributed by atoms with Crippen LogP contribution in [-0.2, 0) is 0 Å². The lowest BCUT2D eigenvalue weighted by Crippen LogP contribution is -1.91. The van der Waals surface area contributed by atoms with Crippen molar-refractivity contribution in [3.05, 3.63) is 61.6 Å². The minimum atomic E-state index is -0.650. The zero-order valence-electron chi connectivity index (χ0n) is 9.96. The van der Waals surface area contributed by atoms with E-state index in [0.717, 1.165) is 4.47 Å². The van der Waals surface area contributed by atoms with Crippen LogP contribution in [0.4, 0.5) is 11.4 Å². The highest BCUT2D eigenvalue weighted by Crippen LogP contribution is 2.30. The molecule has 1 N–H and O–H groups in total. The summed E-state index contributed by atoms with van der Waals surface area (Å²) in [5.41, 5.74) is 0.477. The summed E-state index contributed by atoms with van der Waals surface area (Å²) in [6, 6.07) is 9.34. The minimum Gasteiger partial charge on any atom is -0.502 e. The van der Waals surface area contributed by atoms with Gasteiger partial charge in [0, 0.05) is 22.3 Å². The maximum absolute atomic E-state index is 10.7. The molecule has 2 rings (SSSR count). The van der Waals surface area contributed by atoms with E-state index in [-0.39, 0.29) is 11.3 Å². The Bertz CT molecular complexity index is 704. The molecule has 0 atom stereocenters. The highest BCUT2D eigenvalue weighted by molar-refractivity contribution is 9.10. The van der Waals surface area contributed by atoms with Crippen LogP contribution in [0.2, 0.25) is 5.02 Å². The van der Waals surface area contributed by atoms with E-state index in [2.05, 4.69) is 20.9 Å². The van der Waals surface area contributed by atoms with Crippen LogP contribution in [0.25, 0.3) is 0 Å². The number of aromatic hydroxyl groups is 1. The Morgan fingerprint density at radius 1 is 1.35 bits per heavy atom. The van der Waals surface area contributed by atoms with E-state index in [9.17, 15) is 15.2 Å². The number of aliphatic imine (C=N–C) groups is 1. The second-order valence-electron chi connectivity index (χ2n) is 3.83. The summed E-state index contributed by atoms with van der Waals surface area (Å²) in [6.45, 7) is 0. The van der Waals surface area contributed by atoms with E-state index in [4.69, 9.17) is 11.6 Å². The molecular formula is C13H8BrClN2O3. The minimum absolute atomic E-state index is 0.262. The van der Waals surface area contributed by atoms with Gasteiger partial charge in [0.25, 0.3) is 0 Å². The van der Waals surface area contributed by atoms with Gasteiger partial charge < -0.3 is 5.11 Å². The van der Waals surface area contributed by atoms with Gasteiger partial charge in [0.15, 0.2) is 0 Å². The Hall–Kier alpha value is -1.92. The summed E-state index contributed by atoms with van der Waals surface area (Å²) in [5, 5.41) is 21.0. The van der Waals surface area contributed by atoms with Crippen LogP contribution in [0.3, 0.4) is 0 Å². The van der Waals surface area contributed by atoms with Crippen LogP contribution in [0.5, 0.6) is 5.75 Å². The molecule has 0 radical (unpaired) electrons. The molecule has 0 saturated heterocycles. The zero-order chi connectivity index (χ0) is 14.7. The molecule has 0 amide bonds. The van der Waals surface area contributed by atoms with E-state index in [1.54, 1.807) is 18.2 Å². The summed E-state index contributed by atoms with van der Waals surface area (Å²) < 4.78 is 0.747. The highest BCUT2D eigenvalue weighted by Gasteiger charge is 2.14. The van der Waals surface area contributed by atoms with Crippen molar-refractivity contribution >= 4 is 45.1 Å². The summed E-state index contributed by atoms with van der Waals surface area (Å²) in [4.78, 5) is 14.2. The van der Waals surface area contributed by atoms with Crippen LogP contribution in [-0.4, -0.2) is 16.2 Å². The van der Waals surface area contributed by atoms with Crippen molar-refractivity contribution in [1.29, 1.82) is 0 Å². The number of nitrogens with zero attached hydrogens (tertiary/aromatic N) is 2. The number of benzene rings is 2. The molecule has 2 aromatic carbocycles. The van der Waals surface area contributed by atoms with Crippen LogP contribution >= 0.6 is 27.5 Å². The van der Waals surface area contributed by atoms with Gasteiger partial charge in [-0.15, -0.1) is 0 Å². The molecule has 20 heavy (non-hydrogen) atoms. The Morgan fingerprint density at radius 2 is 2.10 bits per heavy atom. The Morgan fingerprint density at radius 3 is 2.75 bits per heavy atom. The second-order valence-corrected chi connectivity index (χ2v) is 5.09. The lowest BCUT2D eigenvalue weighted by molar-refractivity contribution is -0.385.